The molecule has 2 heterocycles. The van der Waals surface area contributed by atoms with Gasteiger partial charge < -0.3 is 10.4 Å². The normalized spacial score (nSPS) is 22.2. The van der Waals surface area contributed by atoms with Crippen LogP contribution in [0.25, 0.3) is 11.3 Å². The molecule has 1 fully saturated rings. The topological polar surface area (TPSA) is 129 Å². The van der Waals surface area contributed by atoms with E-state index in [1.807, 2.05) is 30.3 Å². The van der Waals surface area contributed by atoms with Crippen LogP contribution in [0.15, 0.2) is 36.5 Å². The first-order chi connectivity index (χ1) is 11.4. The zero-order chi connectivity index (χ0) is 17.3. The Kier molecular flexibility index (Phi) is 4.10. The van der Waals surface area contributed by atoms with E-state index in [4.69, 9.17) is 5.11 Å². The maximum absolute atomic E-state index is 12.4. The zero-order valence-electron chi connectivity index (χ0n) is 12.5. The van der Waals surface area contributed by atoms with E-state index in [-0.39, 0.29) is 17.7 Å². The second kappa shape index (κ2) is 6.08. The molecule has 1 aromatic carbocycles. The SMILES string of the molecule is O=C(NC1CC(C(=O)O)S(=O)(=O)C1)c1cn[nH]c1-c1ccccc1. The number of benzene rings is 1. The highest BCUT2D eigenvalue weighted by Crippen LogP contribution is 2.23. The second-order valence-corrected chi connectivity index (χ2v) is 7.82. The number of hydrogen-bond acceptors (Lipinski definition) is 5. The maximum atomic E-state index is 12.4. The molecule has 0 saturated carbocycles. The standard InChI is InChI=1S/C15H15N3O5S/c19-14(17-10-6-12(15(20)21)24(22,23)8-10)11-7-16-18-13(11)9-4-2-1-3-5-9/h1-5,7,10,12H,6,8H2,(H,16,18)(H,17,19)(H,20,21). The molecule has 3 N–H and O–H groups in total. The molecule has 1 aliphatic heterocycles. The highest BCUT2D eigenvalue weighted by Gasteiger charge is 2.43. The van der Waals surface area contributed by atoms with Crippen molar-refractivity contribution in [3.63, 3.8) is 0 Å². The van der Waals surface area contributed by atoms with Gasteiger partial charge in [0.05, 0.1) is 23.2 Å². The number of nitrogens with one attached hydrogen (secondary N) is 2. The van der Waals surface area contributed by atoms with Gasteiger partial charge in [0.15, 0.2) is 15.1 Å². The number of carboxylic acid groups (broad SMARTS) is 1. The number of aromatic amines is 1. The lowest BCUT2D eigenvalue weighted by Gasteiger charge is -2.11. The molecule has 1 aromatic heterocycles. The van der Waals surface area contributed by atoms with Gasteiger partial charge in [-0.15, -0.1) is 0 Å². The summed E-state index contributed by atoms with van der Waals surface area (Å²) in [6.07, 6.45) is 1.22. The van der Waals surface area contributed by atoms with Crippen molar-refractivity contribution in [3.8, 4) is 11.3 Å². The average Bonchev–Trinajstić information content (AvgIpc) is 3.12. The fraction of sp³-hybridized carbons (Fsp3) is 0.267. The van der Waals surface area contributed by atoms with Gasteiger partial charge in [0.25, 0.3) is 5.91 Å². The van der Waals surface area contributed by atoms with Crippen LogP contribution in [-0.4, -0.2) is 52.6 Å². The Hall–Kier alpha value is -2.68. The Labute approximate surface area is 137 Å². The van der Waals surface area contributed by atoms with Crippen molar-refractivity contribution in [1.82, 2.24) is 15.5 Å². The van der Waals surface area contributed by atoms with Crippen LogP contribution in [0.5, 0.6) is 0 Å². The smallest absolute Gasteiger partial charge is 0.321 e. The molecular weight excluding hydrogens is 334 g/mol. The van der Waals surface area contributed by atoms with Crippen molar-refractivity contribution < 1.29 is 23.1 Å². The number of sulfone groups is 1. The maximum Gasteiger partial charge on any atom is 0.321 e. The fourth-order valence-corrected chi connectivity index (χ4v) is 4.62. The predicted molar refractivity (Wildman–Crippen MR) is 85.1 cm³/mol. The van der Waals surface area contributed by atoms with E-state index in [2.05, 4.69) is 15.5 Å². The number of nitrogens with zero attached hydrogens (tertiary/aromatic N) is 1. The van der Waals surface area contributed by atoms with Gasteiger partial charge in [0.1, 0.15) is 0 Å². The molecule has 1 aliphatic rings. The van der Waals surface area contributed by atoms with E-state index in [0.717, 1.165) is 5.56 Å². The van der Waals surface area contributed by atoms with Crippen molar-refractivity contribution >= 4 is 21.7 Å². The lowest BCUT2D eigenvalue weighted by Crippen LogP contribution is -2.35. The van der Waals surface area contributed by atoms with Gasteiger partial charge in [0, 0.05) is 11.6 Å². The molecule has 24 heavy (non-hydrogen) atoms. The predicted octanol–water partition coefficient (Wildman–Crippen LogP) is 0.447. The number of aliphatic carboxylic acids is 1. The fourth-order valence-electron chi connectivity index (χ4n) is 2.77. The van der Waals surface area contributed by atoms with E-state index < -0.39 is 33.0 Å². The van der Waals surface area contributed by atoms with Crippen molar-refractivity contribution in [2.24, 2.45) is 0 Å². The van der Waals surface area contributed by atoms with Gasteiger partial charge >= 0.3 is 5.97 Å². The molecule has 8 nitrogen and oxygen atoms in total. The molecule has 0 bridgehead atoms. The van der Waals surface area contributed by atoms with Crippen LogP contribution in [-0.2, 0) is 14.6 Å². The third-order valence-electron chi connectivity index (χ3n) is 3.92. The minimum atomic E-state index is -3.75. The van der Waals surface area contributed by atoms with Crippen LogP contribution in [0, 0.1) is 0 Å². The summed E-state index contributed by atoms with van der Waals surface area (Å²) >= 11 is 0. The van der Waals surface area contributed by atoms with Gasteiger partial charge in [-0.1, -0.05) is 30.3 Å². The van der Waals surface area contributed by atoms with E-state index in [1.54, 1.807) is 0 Å². The van der Waals surface area contributed by atoms with Gasteiger partial charge in [-0.05, 0) is 6.42 Å². The minimum absolute atomic E-state index is 0.137. The number of H-pyrrole nitrogens is 1. The Morgan fingerprint density at radius 3 is 2.58 bits per heavy atom. The van der Waals surface area contributed by atoms with Crippen LogP contribution >= 0.6 is 0 Å². The molecule has 1 amide bonds. The lowest BCUT2D eigenvalue weighted by atomic mass is 10.1. The number of amides is 1. The van der Waals surface area contributed by atoms with Crippen LogP contribution in [0.2, 0.25) is 0 Å². The number of carboxylic acids is 1. The van der Waals surface area contributed by atoms with Crippen LogP contribution in [0.3, 0.4) is 0 Å². The first-order valence-electron chi connectivity index (χ1n) is 7.22. The van der Waals surface area contributed by atoms with Crippen LogP contribution in [0.4, 0.5) is 0 Å². The molecule has 3 rings (SSSR count). The van der Waals surface area contributed by atoms with Gasteiger partial charge in [0.2, 0.25) is 0 Å². The van der Waals surface area contributed by atoms with E-state index in [1.165, 1.54) is 6.20 Å². The van der Waals surface area contributed by atoms with Crippen molar-refractivity contribution in [2.75, 3.05) is 5.75 Å². The summed E-state index contributed by atoms with van der Waals surface area (Å²) in [7, 11) is -3.75. The summed E-state index contributed by atoms with van der Waals surface area (Å²) in [6.45, 7) is 0. The third kappa shape index (κ3) is 3.02. The van der Waals surface area contributed by atoms with Crippen molar-refractivity contribution in [3.05, 3.63) is 42.1 Å². The third-order valence-corrected chi connectivity index (χ3v) is 6.05. The molecule has 1 saturated heterocycles. The summed E-state index contributed by atoms with van der Waals surface area (Å²) in [5, 5.41) is 16.7. The Morgan fingerprint density at radius 2 is 1.96 bits per heavy atom. The van der Waals surface area contributed by atoms with Crippen molar-refractivity contribution in [1.29, 1.82) is 0 Å². The molecule has 0 radical (unpaired) electrons. The quantitative estimate of drug-likeness (QED) is 0.735. The first kappa shape index (κ1) is 16.2. The van der Waals surface area contributed by atoms with E-state index in [9.17, 15) is 18.0 Å². The number of carbonyl (C=O) groups excluding carboxylic acids is 1. The lowest BCUT2D eigenvalue weighted by molar-refractivity contribution is -0.136. The summed E-state index contributed by atoms with van der Waals surface area (Å²) in [5.41, 5.74) is 1.56. The zero-order valence-corrected chi connectivity index (χ0v) is 13.3. The molecular formula is C15H15N3O5S. The monoisotopic (exact) mass is 349 g/mol. The van der Waals surface area contributed by atoms with E-state index >= 15 is 0 Å². The Bertz CT molecular complexity index is 876. The number of aromatic nitrogens is 2. The highest BCUT2D eigenvalue weighted by atomic mass is 32.2. The van der Waals surface area contributed by atoms with Crippen molar-refractivity contribution in [2.45, 2.75) is 17.7 Å². The molecule has 0 spiro atoms. The summed E-state index contributed by atoms with van der Waals surface area (Å²) in [5.74, 6) is -2.26. The number of hydrogen-bond donors (Lipinski definition) is 3. The van der Waals surface area contributed by atoms with Gasteiger partial charge in [-0.25, -0.2) is 8.42 Å². The van der Waals surface area contributed by atoms with Crippen LogP contribution in [0.1, 0.15) is 16.8 Å². The Morgan fingerprint density at radius 1 is 1.25 bits per heavy atom. The summed E-state index contributed by atoms with van der Waals surface area (Å²) in [6, 6.07) is 8.37. The number of rotatable bonds is 4. The van der Waals surface area contributed by atoms with Crippen LogP contribution < -0.4 is 5.32 Å². The van der Waals surface area contributed by atoms with E-state index in [0.29, 0.717) is 5.69 Å². The minimum Gasteiger partial charge on any atom is -0.480 e. The molecule has 9 heteroatoms. The Balaban J connectivity index is 1.78. The molecule has 2 aromatic rings. The highest BCUT2D eigenvalue weighted by molar-refractivity contribution is 7.93. The largest absolute Gasteiger partial charge is 0.480 e. The molecule has 2 unspecified atom stereocenters. The molecule has 0 aliphatic carbocycles. The van der Waals surface area contributed by atoms with Gasteiger partial charge in [-0.3, -0.25) is 14.7 Å². The molecule has 126 valence electrons. The number of carbonyl (C=O) groups is 2. The second-order valence-electron chi connectivity index (χ2n) is 5.59. The molecule has 2 atom stereocenters. The average molecular weight is 349 g/mol. The first-order valence-corrected chi connectivity index (χ1v) is 8.94. The summed E-state index contributed by atoms with van der Waals surface area (Å²) < 4.78 is 23.6. The van der Waals surface area contributed by atoms with Gasteiger partial charge in [-0.2, -0.15) is 5.10 Å². The summed E-state index contributed by atoms with van der Waals surface area (Å²) in [4.78, 5) is 23.4.